The maximum Gasteiger partial charge on any atom is 0.0325 e. The molecule has 1 nitrogen and oxygen atoms in total. The Labute approximate surface area is 113 Å². The van der Waals surface area contributed by atoms with E-state index >= 15 is 0 Å². The van der Waals surface area contributed by atoms with Crippen LogP contribution in [0.3, 0.4) is 0 Å². The van der Waals surface area contributed by atoms with Gasteiger partial charge in [-0.25, -0.2) is 0 Å². The molecule has 0 saturated carbocycles. The molecule has 0 aliphatic rings. The van der Waals surface area contributed by atoms with Gasteiger partial charge >= 0.3 is 0 Å². The van der Waals surface area contributed by atoms with Gasteiger partial charge < -0.3 is 5.32 Å². The molecule has 0 aromatic heterocycles. The molecule has 1 N–H and O–H groups in total. The van der Waals surface area contributed by atoms with Crippen molar-refractivity contribution in [3.05, 3.63) is 35.4 Å². The van der Waals surface area contributed by atoms with Crippen LogP contribution in [0.5, 0.6) is 0 Å². The molecule has 1 rings (SSSR count). The minimum atomic E-state index is 0.505. The van der Waals surface area contributed by atoms with Crippen molar-refractivity contribution in [1.82, 2.24) is 5.32 Å². The average Bonchev–Trinajstić information content (AvgIpc) is 2.28. The topological polar surface area (TPSA) is 12.0 Å². The Morgan fingerprint density at radius 1 is 1.06 bits per heavy atom. The lowest BCUT2D eigenvalue weighted by Crippen LogP contribution is -2.24. The number of benzene rings is 1. The molecule has 2 unspecified atom stereocenters. The minimum absolute atomic E-state index is 0.505. The van der Waals surface area contributed by atoms with Gasteiger partial charge in [0, 0.05) is 6.04 Å². The van der Waals surface area contributed by atoms with Gasteiger partial charge in [-0.1, -0.05) is 52.0 Å². The predicted octanol–water partition coefficient (Wildman–Crippen LogP) is 4.72. The first kappa shape index (κ1) is 15.2. The highest BCUT2D eigenvalue weighted by atomic mass is 14.9. The lowest BCUT2D eigenvalue weighted by molar-refractivity contribution is 0.359. The van der Waals surface area contributed by atoms with Crippen LogP contribution in [0.15, 0.2) is 24.3 Å². The van der Waals surface area contributed by atoms with Crippen molar-refractivity contribution in [2.45, 2.75) is 53.5 Å². The molecule has 0 spiro atoms. The fourth-order valence-corrected chi connectivity index (χ4v) is 2.85. The third-order valence-corrected chi connectivity index (χ3v) is 3.53. The largest absolute Gasteiger partial charge is 0.310 e. The molecule has 0 bridgehead atoms. The molecule has 0 aliphatic heterocycles. The van der Waals surface area contributed by atoms with Crippen LogP contribution in [-0.2, 0) is 0 Å². The van der Waals surface area contributed by atoms with Crippen molar-refractivity contribution >= 4 is 0 Å². The SMILES string of the molecule is CCNC(CC(C)CC(C)C)c1ccccc1C. The Bertz CT molecular complexity index is 343. The highest BCUT2D eigenvalue weighted by molar-refractivity contribution is 5.28. The molecular formula is C17H29N. The molecule has 1 aromatic carbocycles. The first-order chi connectivity index (χ1) is 8.54. The standard InChI is InChI=1S/C17H29N/c1-6-18-17(12-14(4)11-13(2)3)16-10-8-7-9-15(16)5/h7-10,13-14,17-18H,6,11-12H2,1-5H3. The smallest absolute Gasteiger partial charge is 0.0325 e. The molecule has 0 saturated heterocycles. The fraction of sp³-hybridized carbons (Fsp3) is 0.647. The molecule has 1 heteroatoms. The average molecular weight is 247 g/mol. The third-order valence-electron chi connectivity index (χ3n) is 3.53. The number of rotatable bonds is 7. The minimum Gasteiger partial charge on any atom is -0.310 e. The first-order valence-electron chi connectivity index (χ1n) is 7.33. The fourth-order valence-electron chi connectivity index (χ4n) is 2.85. The zero-order chi connectivity index (χ0) is 13.5. The molecule has 0 fully saturated rings. The van der Waals surface area contributed by atoms with Gasteiger partial charge in [-0.3, -0.25) is 0 Å². The normalized spacial score (nSPS) is 14.8. The van der Waals surface area contributed by atoms with E-state index in [-0.39, 0.29) is 0 Å². The number of hydrogen-bond donors (Lipinski definition) is 1. The zero-order valence-corrected chi connectivity index (χ0v) is 12.7. The van der Waals surface area contributed by atoms with Crippen LogP contribution in [0.4, 0.5) is 0 Å². The van der Waals surface area contributed by atoms with E-state index in [1.165, 1.54) is 24.0 Å². The Morgan fingerprint density at radius 2 is 1.72 bits per heavy atom. The van der Waals surface area contributed by atoms with E-state index in [2.05, 4.69) is 64.2 Å². The quantitative estimate of drug-likeness (QED) is 0.735. The van der Waals surface area contributed by atoms with Crippen LogP contribution in [0.25, 0.3) is 0 Å². The van der Waals surface area contributed by atoms with E-state index in [1.807, 2.05) is 0 Å². The summed E-state index contributed by atoms with van der Waals surface area (Å²) >= 11 is 0. The van der Waals surface area contributed by atoms with Gasteiger partial charge in [0.1, 0.15) is 0 Å². The van der Waals surface area contributed by atoms with E-state index in [0.29, 0.717) is 6.04 Å². The molecular weight excluding hydrogens is 218 g/mol. The van der Waals surface area contributed by atoms with E-state index in [4.69, 9.17) is 0 Å². The van der Waals surface area contributed by atoms with Gasteiger partial charge in [0.25, 0.3) is 0 Å². The van der Waals surface area contributed by atoms with Gasteiger partial charge in [0.15, 0.2) is 0 Å². The summed E-state index contributed by atoms with van der Waals surface area (Å²) in [5.41, 5.74) is 2.87. The second-order valence-electron chi connectivity index (χ2n) is 5.94. The second kappa shape index (κ2) is 7.58. The monoisotopic (exact) mass is 247 g/mol. The first-order valence-corrected chi connectivity index (χ1v) is 7.33. The summed E-state index contributed by atoms with van der Waals surface area (Å²) in [6, 6.07) is 9.27. The highest BCUT2D eigenvalue weighted by Crippen LogP contribution is 2.27. The van der Waals surface area contributed by atoms with Crippen LogP contribution in [0, 0.1) is 18.8 Å². The molecule has 0 heterocycles. The molecule has 18 heavy (non-hydrogen) atoms. The van der Waals surface area contributed by atoms with Crippen LogP contribution in [0.1, 0.15) is 57.7 Å². The van der Waals surface area contributed by atoms with E-state index in [9.17, 15) is 0 Å². The summed E-state index contributed by atoms with van der Waals surface area (Å²) in [5, 5.41) is 3.64. The van der Waals surface area contributed by atoms with Gasteiger partial charge in [-0.05, 0) is 49.3 Å². The number of aryl methyl sites for hydroxylation is 1. The Balaban J connectivity index is 2.74. The predicted molar refractivity (Wildman–Crippen MR) is 80.8 cm³/mol. The van der Waals surface area contributed by atoms with Crippen LogP contribution < -0.4 is 5.32 Å². The molecule has 0 amide bonds. The molecule has 102 valence electrons. The van der Waals surface area contributed by atoms with Crippen LogP contribution in [-0.4, -0.2) is 6.54 Å². The van der Waals surface area contributed by atoms with Crippen molar-refractivity contribution in [2.75, 3.05) is 6.54 Å². The molecule has 0 aliphatic carbocycles. The van der Waals surface area contributed by atoms with E-state index < -0.39 is 0 Å². The lowest BCUT2D eigenvalue weighted by atomic mass is 9.88. The molecule has 0 radical (unpaired) electrons. The van der Waals surface area contributed by atoms with Crippen molar-refractivity contribution in [2.24, 2.45) is 11.8 Å². The lowest BCUT2D eigenvalue weighted by Gasteiger charge is -2.24. The zero-order valence-electron chi connectivity index (χ0n) is 12.7. The van der Waals surface area contributed by atoms with Crippen LogP contribution >= 0.6 is 0 Å². The van der Waals surface area contributed by atoms with Gasteiger partial charge in [0.05, 0.1) is 0 Å². The summed E-state index contributed by atoms with van der Waals surface area (Å²) in [6.45, 7) is 12.4. The van der Waals surface area contributed by atoms with Crippen molar-refractivity contribution in [3.8, 4) is 0 Å². The van der Waals surface area contributed by atoms with Gasteiger partial charge in [0.2, 0.25) is 0 Å². The van der Waals surface area contributed by atoms with Crippen molar-refractivity contribution < 1.29 is 0 Å². The number of nitrogens with one attached hydrogen (secondary N) is 1. The van der Waals surface area contributed by atoms with Crippen LogP contribution in [0.2, 0.25) is 0 Å². The Hall–Kier alpha value is -0.820. The van der Waals surface area contributed by atoms with Crippen molar-refractivity contribution in [1.29, 1.82) is 0 Å². The summed E-state index contributed by atoms with van der Waals surface area (Å²) < 4.78 is 0. The summed E-state index contributed by atoms with van der Waals surface area (Å²) in [6.07, 6.45) is 2.55. The Kier molecular flexibility index (Phi) is 6.42. The van der Waals surface area contributed by atoms with Gasteiger partial charge in [-0.15, -0.1) is 0 Å². The third kappa shape index (κ3) is 4.81. The summed E-state index contributed by atoms with van der Waals surface area (Å²) in [4.78, 5) is 0. The van der Waals surface area contributed by atoms with Crippen molar-refractivity contribution in [3.63, 3.8) is 0 Å². The second-order valence-corrected chi connectivity index (χ2v) is 5.94. The summed E-state index contributed by atoms with van der Waals surface area (Å²) in [5.74, 6) is 1.56. The Morgan fingerprint density at radius 3 is 2.28 bits per heavy atom. The van der Waals surface area contributed by atoms with Gasteiger partial charge in [-0.2, -0.15) is 0 Å². The maximum absolute atomic E-state index is 3.64. The molecule has 2 atom stereocenters. The van der Waals surface area contributed by atoms with E-state index in [0.717, 1.165) is 18.4 Å². The highest BCUT2D eigenvalue weighted by Gasteiger charge is 2.16. The maximum atomic E-state index is 3.64. The van der Waals surface area contributed by atoms with E-state index in [1.54, 1.807) is 0 Å². The summed E-state index contributed by atoms with van der Waals surface area (Å²) in [7, 11) is 0. The molecule has 1 aromatic rings. The number of hydrogen-bond acceptors (Lipinski definition) is 1.